The van der Waals surface area contributed by atoms with Crippen LogP contribution < -0.4 is 10.6 Å². The van der Waals surface area contributed by atoms with Gasteiger partial charge in [-0.25, -0.2) is 0 Å². The molecule has 1 fully saturated rings. The smallest absolute Gasteiger partial charge is 0.0746 e. The highest BCUT2D eigenvalue weighted by Gasteiger charge is 2.20. The molecule has 1 atom stereocenters. The molecule has 1 saturated heterocycles. The largest absolute Gasteiger partial charge is 0.399 e. The van der Waals surface area contributed by atoms with Crippen LogP contribution >= 0.6 is 0 Å². The first kappa shape index (κ1) is 11.3. The van der Waals surface area contributed by atoms with Crippen LogP contribution in [0.1, 0.15) is 18.4 Å². The summed E-state index contributed by atoms with van der Waals surface area (Å²) in [7, 11) is 1.79. The fourth-order valence-electron chi connectivity index (χ4n) is 2.32. The van der Waals surface area contributed by atoms with Gasteiger partial charge in [0.1, 0.15) is 0 Å². The van der Waals surface area contributed by atoms with Crippen molar-refractivity contribution < 1.29 is 4.74 Å². The van der Waals surface area contributed by atoms with Crippen LogP contribution in [0, 0.1) is 6.92 Å². The molecule has 0 amide bonds. The van der Waals surface area contributed by atoms with Crippen molar-refractivity contribution in [3.8, 4) is 0 Å². The summed E-state index contributed by atoms with van der Waals surface area (Å²) in [6, 6.07) is 6.10. The summed E-state index contributed by atoms with van der Waals surface area (Å²) in [5.74, 6) is 0. The van der Waals surface area contributed by atoms with E-state index in [4.69, 9.17) is 10.5 Å². The second kappa shape index (κ2) is 4.74. The lowest BCUT2D eigenvalue weighted by Crippen LogP contribution is -2.39. The van der Waals surface area contributed by atoms with Gasteiger partial charge in [0, 0.05) is 31.6 Å². The van der Waals surface area contributed by atoms with E-state index in [2.05, 4.69) is 24.0 Å². The van der Waals surface area contributed by atoms with E-state index in [0.717, 1.165) is 25.2 Å². The third-order valence-electron chi connectivity index (χ3n) is 3.29. The zero-order valence-corrected chi connectivity index (χ0v) is 10.1. The van der Waals surface area contributed by atoms with E-state index in [1.807, 2.05) is 6.07 Å². The number of aryl methyl sites for hydroxylation is 1. The van der Waals surface area contributed by atoms with Crippen LogP contribution in [0.15, 0.2) is 18.2 Å². The maximum Gasteiger partial charge on any atom is 0.0746 e. The van der Waals surface area contributed by atoms with Crippen LogP contribution in [0.25, 0.3) is 0 Å². The maximum atomic E-state index is 5.84. The van der Waals surface area contributed by atoms with Crippen LogP contribution in [0.2, 0.25) is 0 Å². The quantitative estimate of drug-likeness (QED) is 0.776. The average molecular weight is 220 g/mol. The summed E-state index contributed by atoms with van der Waals surface area (Å²) >= 11 is 0. The Morgan fingerprint density at radius 3 is 3.00 bits per heavy atom. The number of nitrogens with zero attached hydrogens (tertiary/aromatic N) is 1. The molecule has 0 aromatic heterocycles. The highest BCUT2D eigenvalue weighted by molar-refractivity contribution is 5.61. The van der Waals surface area contributed by atoms with E-state index in [1.54, 1.807) is 7.11 Å². The number of piperidine rings is 1. The normalized spacial score (nSPS) is 21.1. The number of methoxy groups -OCH3 is 1. The van der Waals surface area contributed by atoms with Gasteiger partial charge in [-0.15, -0.1) is 0 Å². The Hall–Kier alpha value is -1.22. The monoisotopic (exact) mass is 220 g/mol. The first-order valence-corrected chi connectivity index (χ1v) is 5.84. The van der Waals surface area contributed by atoms with Crippen LogP contribution in [0.4, 0.5) is 11.4 Å². The number of rotatable bonds is 2. The minimum absolute atomic E-state index is 0.356. The molecule has 1 aromatic rings. The van der Waals surface area contributed by atoms with Crippen molar-refractivity contribution in [2.24, 2.45) is 0 Å². The number of nitrogens with two attached hydrogens (primary N) is 1. The lowest BCUT2D eigenvalue weighted by Gasteiger charge is -2.34. The highest BCUT2D eigenvalue weighted by Crippen LogP contribution is 2.26. The number of hydrogen-bond donors (Lipinski definition) is 1. The molecule has 0 spiro atoms. The standard InChI is InChI=1S/C13H20N2O/c1-10-5-6-11(14)8-13(10)15-7-3-4-12(9-15)16-2/h5-6,8,12H,3-4,7,9,14H2,1-2H3. The number of nitrogen functional groups attached to an aromatic ring is 1. The number of hydrogen-bond acceptors (Lipinski definition) is 3. The molecule has 0 bridgehead atoms. The third-order valence-corrected chi connectivity index (χ3v) is 3.29. The number of benzene rings is 1. The first-order valence-electron chi connectivity index (χ1n) is 5.84. The molecule has 1 aromatic carbocycles. The van der Waals surface area contributed by atoms with Crippen LogP contribution in [0.3, 0.4) is 0 Å². The molecule has 0 aliphatic carbocycles. The van der Waals surface area contributed by atoms with Crippen LogP contribution in [-0.2, 0) is 4.74 Å². The molecule has 3 heteroatoms. The molecule has 0 saturated carbocycles. The van der Waals surface area contributed by atoms with Crippen molar-refractivity contribution in [2.75, 3.05) is 30.8 Å². The summed E-state index contributed by atoms with van der Waals surface area (Å²) in [6.07, 6.45) is 2.70. The molecule has 16 heavy (non-hydrogen) atoms. The average Bonchev–Trinajstić information content (AvgIpc) is 2.32. The van der Waals surface area contributed by atoms with Gasteiger partial charge in [0.05, 0.1) is 6.10 Å². The van der Waals surface area contributed by atoms with Gasteiger partial charge in [0.15, 0.2) is 0 Å². The van der Waals surface area contributed by atoms with Gasteiger partial charge in [0.25, 0.3) is 0 Å². The summed E-state index contributed by atoms with van der Waals surface area (Å²) in [6.45, 7) is 4.20. The Bertz CT molecular complexity index is 365. The zero-order chi connectivity index (χ0) is 11.5. The molecule has 1 heterocycles. The second-order valence-electron chi connectivity index (χ2n) is 4.49. The zero-order valence-electron chi connectivity index (χ0n) is 10.1. The summed E-state index contributed by atoms with van der Waals surface area (Å²) in [4.78, 5) is 2.38. The Morgan fingerprint density at radius 2 is 2.25 bits per heavy atom. The van der Waals surface area contributed by atoms with E-state index in [-0.39, 0.29) is 0 Å². The summed E-state index contributed by atoms with van der Waals surface area (Å²) in [5.41, 5.74) is 9.21. The molecule has 1 aliphatic rings. The lowest BCUT2D eigenvalue weighted by atomic mass is 10.1. The Kier molecular flexibility index (Phi) is 3.34. The van der Waals surface area contributed by atoms with Gasteiger partial charge in [-0.05, 0) is 37.5 Å². The van der Waals surface area contributed by atoms with Crippen molar-refractivity contribution in [1.82, 2.24) is 0 Å². The maximum absolute atomic E-state index is 5.84. The lowest BCUT2D eigenvalue weighted by molar-refractivity contribution is 0.0893. The van der Waals surface area contributed by atoms with E-state index in [0.29, 0.717) is 6.10 Å². The molecule has 0 radical (unpaired) electrons. The van der Waals surface area contributed by atoms with E-state index in [9.17, 15) is 0 Å². The Labute approximate surface area is 97.2 Å². The predicted molar refractivity (Wildman–Crippen MR) is 67.8 cm³/mol. The molecule has 2 rings (SSSR count). The topological polar surface area (TPSA) is 38.5 Å². The number of ether oxygens (including phenoxy) is 1. The fraction of sp³-hybridized carbons (Fsp3) is 0.538. The van der Waals surface area contributed by atoms with E-state index < -0.39 is 0 Å². The highest BCUT2D eigenvalue weighted by atomic mass is 16.5. The Morgan fingerprint density at radius 1 is 1.44 bits per heavy atom. The van der Waals surface area contributed by atoms with Gasteiger partial charge in [0.2, 0.25) is 0 Å². The third kappa shape index (κ3) is 2.30. The Balaban J connectivity index is 2.19. The second-order valence-corrected chi connectivity index (χ2v) is 4.49. The molecule has 1 unspecified atom stereocenters. The summed E-state index contributed by atoms with van der Waals surface area (Å²) in [5, 5.41) is 0. The molecular weight excluding hydrogens is 200 g/mol. The van der Waals surface area contributed by atoms with Gasteiger partial charge in [-0.2, -0.15) is 0 Å². The van der Waals surface area contributed by atoms with Crippen LogP contribution in [0.5, 0.6) is 0 Å². The predicted octanol–water partition coefficient (Wildman–Crippen LogP) is 2.19. The van der Waals surface area contributed by atoms with E-state index >= 15 is 0 Å². The van der Waals surface area contributed by atoms with Crippen molar-refractivity contribution in [1.29, 1.82) is 0 Å². The van der Waals surface area contributed by atoms with Gasteiger partial charge in [-0.3, -0.25) is 0 Å². The van der Waals surface area contributed by atoms with Crippen molar-refractivity contribution in [3.63, 3.8) is 0 Å². The molecular formula is C13H20N2O. The number of anilines is 2. The van der Waals surface area contributed by atoms with Gasteiger partial charge >= 0.3 is 0 Å². The minimum Gasteiger partial charge on any atom is -0.399 e. The SMILES string of the molecule is COC1CCCN(c2cc(N)ccc2C)C1. The molecule has 88 valence electrons. The van der Waals surface area contributed by atoms with Crippen molar-refractivity contribution in [2.45, 2.75) is 25.9 Å². The molecule has 3 nitrogen and oxygen atoms in total. The molecule has 1 aliphatic heterocycles. The van der Waals surface area contributed by atoms with Gasteiger partial charge < -0.3 is 15.4 Å². The minimum atomic E-state index is 0.356. The van der Waals surface area contributed by atoms with E-state index in [1.165, 1.54) is 17.7 Å². The summed E-state index contributed by atoms with van der Waals surface area (Å²) < 4.78 is 5.44. The van der Waals surface area contributed by atoms with Crippen LogP contribution in [-0.4, -0.2) is 26.3 Å². The van der Waals surface area contributed by atoms with Crippen molar-refractivity contribution >= 4 is 11.4 Å². The fourth-order valence-corrected chi connectivity index (χ4v) is 2.32. The molecule has 2 N–H and O–H groups in total. The first-order chi connectivity index (χ1) is 7.70. The van der Waals surface area contributed by atoms with Crippen molar-refractivity contribution in [3.05, 3.63) is 23.8 Å². The van der Waals surface area contributed by atoms with Gasteiger partial charge in [-0.1, -0.05) is 6.07 Å².